The fraction of sp³-hybridized carbons (Fsp3) is 0.400. The third kappa shape index (κ3) is 2.56. The van der Waals surface area contributed by atoms with E-state index < -0.39 is 26.8 Å². The number of sulfonamides is 1. The van der Waals surface area contributed by atoms with E-state index in [1.165, 1.54) is 26.1 Å². The monoisotopic (exact) mass is 262 g/mol. The molecule has 0 bridgehead atoms. The topological polar surface area (TPSA) is 83.6 Å². The molecule has 0 aromatic heterocycles. The first-order valence-electron chi connectivity index (χ1n) is 4.95. The summed E-state index contributed by atoms with van der Waals surface area (Å²) in [4.78, 5) is -0.553. The van der Waals surface area contributed by atoms with Gasteiger partial charge in [0.1, 0.15) is 10.7 Å². The summed E-state index contributed by atoms with van der Waals surface area (Å²) in [5.41, 5.74) is 5.33. The van der Waals surface area contributed by atoms with E-state index in [0.717, 1.165) is 10.4 Å². The lowest BCUT2D eigenvalue weighted by atomic mass is 10.3. The Bertz CT molecular complexity index is 484. The summed E-state index contributed by atoms with van der Waals surface area (Å²) in [7, 11) is -2.77. The standard InChI is InChI=1S/C10H15FN2O3S/c1-7(6-14)13(2)17(15,16)10-8(11)4-3-5-9(10)12/h3-5,7,14H,6,12H2,1-2H3. The molecule has 0 radical (unpaired) electrons. The van der Waals surface area contributed by atoms with Crippen LogP contribution in [-0.4, -0.2) is 37.5 Å². The lowest BCUT2D eigenvalue weighted by molar-refractivity contribution is 0.213. The van der Waals surface area contributed by atoms with Crippen molar-refractivity contribution in [1.29, 1.82) is 0 Å². The summed E-state index contributed by atoms with van der Waals surface area (Å²) in [5, 5.41) is 8.92. The predicted molar refractivity (Wildman–Crippen MR) is 62.3 cm³/mol. The van der Waals surface area contributed by atoms with Crippen LogP contribution in [0.15, 0.2) is 23.1 Å². The smallest absolute Gasteiger partial charge is 0.248 e. The summed E-state index contributed by atoms with van der Waals surface area (Å²) < 4.78 is 38.6. The second kappa shape index (κ2) is 4.99. The van der Waals surface area contributed by atoms with Gasteiger partial charge in [-0.05, 0) is 19.1 Å². The average Bonchev–Trinajstić information content (AvgIpc) is 2.26. The molecule has 0 aliphatic carbocycles. The van der Waals surface area contributed by atoms with Gasteiger partial charge < -0.3 is 10.8 Å². The molecule has 0 saturated heterocycles. The highest BCUT2D eigenvalue weighted by Crippen LogP contribution is 2.25. The van der Waals surface area contributed by atoms with Crippen LogP contribution in [0.5, 0.6) is 0 Å². The Hall–Kier alpha value is -1.18. The zero-order valence-electron chi connectivity index (χ0n) is 9.59. The van der Waals surface area contributed by atoms with Gasteiger partial charge in [0.2, 0.25) is 10.0 Å². The molecule has 0 amide bonds. The molecule has 0 spiro atoms. The van der Waals surface area contributed by atoms with Crippen LogP contribution in [-0.2, 0) is 10.0 Å². The van der Waals surface area contributed by atoms with E-state index in [9.17, 15) is 12.8 Å². The maximum absolute atomic E-state index is 13.5. The molecule has 0 fully saturated rings. The fourth-order valence-corrected chi connectivity index (χ4v) is 2.80. The number of nitrogen functional groups attached to an aromatic ring is 1. The van der Waals surface area contributed by atoms with Crippen LogP contribution in [0.4, 0.5) is 10.1 Å². The molecular weight excluding hydrogens is 247 g/mol. The molecular formula is C10H15FN2O3S. The number of hydrogen-bond donors (Lipinski definition) is 2. The minimum atomic E-state index is -4.04. The predicted octanol–water partition coefficient (Wildman–Crippen LogP) is 0.409. The first-order valence-corrected chi connectivity index (χ1v) is 6.39. The summed E-state index contributed by atoms with van der Waals surface area (Å²) >= 11 is 0. The summed E-state index contributed by atoms with van der Waals surface area (Å²) in [6.45, 7) is 1.15. The van der Waals surface area contributed by atoms with E-state index in [1.54, 1.807) is 0 Å². The van der Waals surface area contributed by atoms with Gasteiger partial charge in [0.15, 0.2) is 0 Å². The zero-order valence-corrected chi connectivity index (χ0v) is 10.4. The molecule has 0 aliphatic heterocycles. The molecule has 0 saturated carbocycles. The van der Waals surface area contributed by atoms with Gasteiger partial charge in [-0.2, -0.15) is 4.31 Å². The number of aliphatic hydroxyl groups is 1. The minimum Gasteiger partial charge on any atom is -0.398 e. The third-order valence-corrected chi connectivity index (χ3v) is 4.58. The van der Waals surface area contributed by atoms with E-state index in [4.69, 9.17) is 10.8 Å². The van der Waals surface area contributed by atoms with Gasteiger partial charge in [-0.1, -0.05) is 6.07 Å². The van der Waals surface area contributed by atoms with Crippen LogP contribution in [0.25, 0.3) is 0 Å². The molecule has 1 aromatic carbocycles. The van der Waals surface area contributed by atoms with E-state index in [-0.39, 0.29) is 12.3 Å². The first-order chi connectivity index (χ1) is 7.82. The molecule has 17 heavy (non-hydrogen) atoms. The summed E-state index contributed by atoms with van der Waals surface area (Å²) in [6.07, 6.45) is 0. The van der Waals surface area contributed by atoms with Crippen molar-refractivity contribution in [1.82, 2.24) is 4.31 Å². The number of benzene rings is 1. The Balaban J connectivity index is 3.32. The molecule has 1 unspecified atom stereocenters. The molecule has 5 nitrogen and oxygen atoms in total. The Labute approximate surface area is 99.7 Å². The largest absolute Gasteiger partial charge is 0.398 e. The molecule has 1 aromatic rings. The van der Waals surface area contributed by atoms with Gasteiger partial charge in [-0.3, -0.25) is 0 Å². The number of anilines is 1. The number of aliphatic hydroxyl groups excluding tert-OH is 1. The maximum atomic E-state index is 13.5. The van der Waals surface area contributed by atoms with Gasteiger partial charge in [-0.25, -0.2) is 12.8 Å². The number of halogens is 1. The number of hydrogen-bond acceptors (Lipinski definition) is 4. The van der Waals surface area contributed by atoms with Gasteiger partial charge >= 0.3 is 0 Å². The van der Waals surface area contributed by atoms with Gasteiger partial charge in [0.25, 0.3) is 0 Å². The molecule has 0 aliphatic rings. The Kier molecular flexibility index (Phi) is 4.07. The van der Waals surface area contributed by atoms with Gasteiger partial charge in [-0.15, -0.1) is 0 Å². The Morgan fingerprint density at radius 3 is 2.59 bits per heavy atom. The van der Waals surface area contributed by atoms with Crippen LogP contribution in [0.2, 0.25) is 0 Å². The maximum Gasteiger partial charge on any atom is 0.248 e. The Morgan fingerprint density at radius 2 is 2.12 bits per heavy atom. The SMILES string of the molecule is CC(CO)N(C)S(=O)(=O)c1c(N)cccc1F. The quantitative estimate of drug-likeness (QED) is 0.770. The highest BCUT2D eigenvalue weighted by Gasteiger charge is 2.29. The lowest BCUT2D eigenvalue weighted by Crippen LogP contribution is -2.38. The highest BCUT2D eigenvalue weighted by molar-refractivity contribution is 7.89. The van der Waals surface area contributed by atoms with Crippen molar-refractivity contribution >= 4 is 15.7 Å². The lowest BCUT2D eigenvalue weighted by Gasteiger charge is -2.23. The van der Waals surface area contributed by atoms with Crippen molar-refractivity contribution in [2.75, 3.05) is 19.4 Å². The van der Waals surface area contributed by atoms with Crippen LogP contribution < -0.4 is 5.73 Å². The van der Waals surface area contributed by atoms with Crippen molar-refractivity contribution in [2.24, 2.45) is 0 Å². The third-order valence-electron chi connectivity index (χ3n) is 2.52. The second-order valence-corrected chi connectivity index (χ2v) is 5.65. The fourth-order valence-electron chi connectivity index (χ4n) is 1.29. The molecule has 0 heterocycles. The molecule has 3 N–H and O–H groups in total. The van der Waals surface area contributed by atoms with Gasteiger partial charge in [0.05, 0.1) is 12.3 Å². The van der Waals surface area contributed by atoms with Crippen molar-refractivity contribution in [3.05, 3.63) is 24.0 Å². The highest BCUT2D eigenvalue weighted by atomic mass is 32.2. The van der Waals surface area contributed by atoms with Crippen LogP contribution in [0.1, 0.15) is 6.92 Å². The van der Waals surface area contributed by atoms with E-state index in [1.807, 2.05) is 0 Å². The minimum absolute atomic E-state index is 0.151. The van der Waals surface area contributed by atoms with E-state index in [2.05, 4.69) is 0 Å². The van der Waals surface area contributed by atoms with Crippen molar-refractivity contribution in [2.45, 2.75) is 17.9 Å². The van der Waals surface area contributed by atoms with Gasteiger partial charge in [0, 0.05) is 13.1 Å². The number of likely N-dealkylation sites (N-methyl/N-ethyl adjacent to an activating group) is 1. The van der Waals surface area contributed by atoms with Crippen molar-refractivity contribution in [3.63, 3.8) is 0 Å². The number of nitrogens with two attached hydrogens (primary N) is 1. The van der Waals surface area contributed by atoms with Crippen LogP contribution in [0.3, 0.4) is 0 Å². The average molecular weight is 262 g/mol. The van der Waals surface area contributed by atoms with E-state index >= 15 is 0 Å². The second-order valence-electron chi connectivity index (χ2n) is 3.71. The van der Waals surface area contributed by atoms with Crippen LogP contribution >= 0.6 is 0 Å². The number of nitrogens with zero attached hydrogens (tertiary/aromatic N) is 1. The molecule has 1 atom stereocenters. The molecule has 1 rings (SSSR count). The molecule has 7 heteroatoms. The normalized spacial score (nSPS) is 13.9. The van der Waals surface area contributed by atoms with Crippen molar-refractivity contribution < 1.29 is 17.9 Å². The zero-order chi connectivity index (χ0) is 13.2. The van der Waals surface area contributed by atoms with E-state index in [0.29, 0.717) is 0 Å². The number of rotatable bonds is 4. The summed E-state index contributed by atoms with van der Waals surface area (Å²) in [5.74, 6) is -0.901. The molecule has 96 valence electrons. The Morgan fingerprint density at radius 1 is 1.53 bits per heavy atom. The van der Waals surface area contributed by atoms with Crippen molar-refractivity contribution in [3.8, 4) is 0 Å². The summed E-state index contributed by atoms with van der Waals surface area (Å²) in [6, 6.07) is 3.02. The van der Waals surface area contributed by atoms with Crippen LogP contribution in [0, 0.1) is 5.82 Å². The first kappa shape index (κ1) is 13.9.